The maximum Gasteiger partial charge on any atom is 0.390 e. The van der Waals surface area contributed by atoms with Crippen molar-refractivity contribution >= 4 is 29.1 Å². The van der Waals surface area contributed by atoms with Crippen molar-refractivity contribution < 1.29 is 9.72 Å². The molecule has 0 spiro atoms. The van der Waals surface area contributed by atoms with E-state index in [0.717, 1.165) is 5.56 Å². The van der Waals surface area contributed by atoms with Gasteiger partial charge < -0.3 is 15.4 Å². The van der Waals surface area contributed by atoms with Crippen molar-refractivity contribution in [1.82, 2.24) is 19.6 Å². The normalized spacial score (nSPS) is 12.0. The van der Waals surface area contributed by atoms with E-state index in [1.54, 1.807) is 36.9 Å². The zero-order valence-electron chi connectivity index (χ0n) is 14.7. The molecule has 0 aliphatic rings. The van der Waals surface area contributed by atoms with E-state index in [-0.39, 0.29) is 11.7 Å². The van der Waals surface area contributed by atoms with Crippen LogP contribution in [0.3, 0.4) is 0 Å². The maximum atomic E-state index is 12.5. The molecule has 3 rings (SSSR count). The highest BCUT2D eigenvalue weighted by Crippen LogP contribution is 2.19. The average molecular weight is 389 g/mol. The summed E-state index contributed by atoms with van der Waals surface area (Å²) in [5, 5.41) is 22.3. The zero-order chi connectivity index (χ0) is 19.6. The number of anilines is 1. The molecule has 27 heavy (non-hydrogen) atoms. The van der Waals surface area contributed by atoms with Gasteiger partial charge in [-0.2, -0.15) is 9.78 Å². The Morgan fingerprint density at radius 3 is 2.74 bits per heavy atom. The first-order chi connectivity index (χ1) is 12.8. The molecule has 9 nitrogen and oxygen atoms in total. The fourth-order valence-corrected chi connectivity index (χ4v) is 2.81. The second-order valence-electron chi connectivity index (χ2n) is 6.00. The number of aryl methyl sites for hydroxylation is 1. The lowest BCUT2D eigenvalue weighted by Crippen LogP contribution is -2.25. The first-order valence-electron chi connectivity index (χ1n) is 8.13. The lowest BCUT2D eigenvalue weighted by molar-refractivity contribution is -0.389. The maximum absolute atomic E-state index is 12.5. The minimum absolute atomic E-state index is 0.295. The molecular formula is C17H17ClN6O3. The van der Waals surface area contributed by atoms with Crippen molar-refractivity contribution in [3.05, 3.63) is 69.0 Å². The SMILES string of the molecule is Cc1cc([N+](=O)[O-])nn1C(C)C(=O)Nc1ccn(Cc2ccccc2Cl)n1. The summed E-state index contributed by atoms with van der Waals surface area (Å²) in [4.78, 5) is 22.7. The molecule has 2 aromatic heterocycles. The summed E-state index contributed by atoms with van der Waals surface area (Å²) in [6, 6.07) is 9.70. The number of halogens is 1. The molecule has 1 unspecified atom stereocenters. The molecule has 0 aliphatic carbocycles. The molecule has 1 amide bonds. The largest absolute Gasteiger partial charge is 0.390 e. The predicted octanol–water partition coefficient (Wildman–Crippen LogP) is 3.20. The lowest BCUT2D eigenvalue weighted by Gasteiger charge is -2.10. The number of hydrogen-bond acceptors (Lipinski definition) is 5. The van der Waals surface area contributed by atoms with E-state index in [2.05, 4.69) is 15.5 Å². The van der Waals surface area contributed by atoms with Crippen LogP contribution in [0.4, 0.5) is 11.6 Å². The van der Waals surface area contributed by atoms with E-state index in [1.807, 2.05) is 18.2 Å². The first kappa shape index (κ1) is 18.6. The molecular weight excluding hydrogens is 372 g/mol. The number of nitro groups is 1. The van der Waals surface area contributed by atoms with Gasteiger partial charge in [0.05, 0.1) is 23.4 Å². The molecule has 1 aromatic carbocycles. The van der Waals surface area contributed by atoms with Crippen LogP contribution in [0.1, 0.15) is 24.2 Å². The molecule has 0 saturated carbocycles. The summed E-state index contributed by atoms with van der Waals surface area (Å²) in [6.07, 6.45) is 1.73. The number of carbonyl (C=O) groups excluding carboxylic acids is 1. The van der Waals surface area contributed by atoms with Crippen LogP contribution >= 0.6 is 11.6 Å². The molecule has 1 atom stereocenters. The number of benzene rings is 1. The Labute approximate surface area is 159 Å². The van der Waals surface area contributed by atoms with Crippen LogP contribution in [0.15, 0.2) is 42.6 Å². The van der Waals surface area contributed by atoms with Crippen molar-refractivity contribution in [2.45, 2.75) is 26.4 Å². The van der Waals surface area contributed by atoms with E-state index in [9.17, 15) is 14.9 Å². The van der Waals surface area contributed by atoms with Gasteiger partial charge in [0.1, 0.15) is 6.04 Å². The van der Waals surface area contributed by atoms with Gasteiger partial charge in [0, 0.05) is 17.3 Å². The molecule has 2 heterocycles. The van der Waals surface area contributed by atoms with Crippen molar-refractivity contribution in [3.63, 3.8) is 0 Å². The van der Waals surface area contributed by atoms with Crippen LogP contribution in [0, 0.1) is 17.0 Å². The van der Waals surface area contributed by atoms with Crippen LogP contribution < -0.4 is 5.32 Å². The number of hydrogen-bond donors (Lipinski definition) is 1. The number of rotatable bonds is 6. The third-order valence-electron chi connectivity index (χ3n) is 4.03. The minimum Gasteiger partial charge on any atom is -0.358 e. The van der Waals surface area contributed by atoms with Gasteiger partial charge in [-0.15, -0.1) is 0 Å². The fraction of sp³-hybridized carbons (Fsp3) is 0.235. The summed E-state index contributed by atoms with van der Waals surface area (Å²) in [6.45, 7) is 3.73. The standard InChI is InChI=1S/C17H17ClN6O3/c1-11-9-16(24(26)27)21-23(11)12(2)17(25)19-15-7-8-22(20-15)10-13-5-3-4-6-14(13)18/h3-9,12H,10H2,1-2H3,(H,19,20,25). The van der Waals surface area contributed by atoms with Gasteiger partial charge in [0.15, 0.2) is 5.82 Å². The average Bonchev–Trinajstić information content (AvgIpc) is 3.23. The molecule has 140 valence electrons. The molecule has 10 heteroatoms. The Bertz CT molecular complexity index is 996. The highest BCUT2D eigenvalue weighted by atomic mass is 35.5. The van der Waals surface area contributed by atoms with Crippen LogP contribution in [-0.4, -0.2) is 30.4 Å². The van der Waals surface area contributed by atoms with E-state index in [1.165, 1.54) is 10.7 Å². The van der Waals surface area contributed by atoms with Crippen molar-refractivity contribution in [3.8, 4) is 0 Å². The van der Waals surface area contributed by atoms with E-state index >= 15 is 0 Å². The number of aromatic nitrogens is 4. The van der Waals surface area contributed by atoms with Gasteiger partial charge in [-0.3, -0.25) is 9.48 Å². The second kappa shape index (κ2) is 7.58. The second-order valence-corrected chi connectivity index (χ2v) is 6.41. The van der Waals surface area contributed by atoms with Gasteiger partial charge in [0.2, 0.25) is 0 Å². The van der Waals surface area contributed by atoms with E-state index < -0.39 is 11.0 Å². The summed E-state index contributed by atoms with van der Waals surface area (Å²) in [7, 11) is 0. The number of nitrogens with one attached hydrogen (secondary N) is 1. The number of carbonyl (C=O) groups is 1. The molecule has 1 N–H and O–H groups in total. The first-order valence-corrected chi connectivity index (χ1v) is 8.51. The van der Waals surface area contributed by atoms with E-state index in [0.29, 0.717) is 23.1 Å². The molecule has 0 saturated heterocycles. The summed E-state index contributed by atoms with van der Waals surface area (Å²) < 4.78 is 2.97. The van der Waals surface area contributed by atoms with Gasteiger partial charge in [0.25, 0.3) is 5.91 Å². The Morgan fingerprint density at radius 2 is 2.07 bits per heavy atom. The van der Waals surface area contributed by atoms with Crippen molar-refractivity contribution in [1.29, 1.82) is 0 Å². The predicted molar refractivity (Wildman–Crippen MR) is 99.7 cm³/mol. The third kappa shape index (κ3) is 4.14. The molecule has 3 aromatic rings. The topological polar surface area (TPSA) is 108 Å². The lowest BCUT2D eigenvalue weighted by atomic mass is 10.2. The fourth-order valence-electron chi connectivity index (χ4n) is 2.61. The zero-order valence-corrected chi connectivity index (χ0v) is 15.4. The van der Waals surface area contributed by atoms with Crippen LogP contribution in [0.5, 0.6) is 0 Å². The molecule has 0 fully saturated rings. The van der Waals surface area contributed by atoms with Gasteiger partial charge in [-0.1, -0.05) is 29.8 Å². The van der Waals surface area contributed by atoms with Crippen LogP contribution in [0.2, 0.25) is 5.02 Å². The Balaban J connectivity index is 1.69. The summed E-state index contributed by atoms with van der Waals surface area (Å²) >= 11 is 6.15. The monoisotopic (exact) mass is 388 g/mol. The van der Waals surface area contributed by atoms with Crippen LogP contribution in [-0.2, 0) is 11.3 Å². The van der Waals surface area contributed by atoms with Crippen molar-refractivity contribution in [2.75, 3.05) is 5.32 Å². The Morgan fingerprint density at radius 1 is 1.33 bits per heavy atom. The summed E-state index contributed by atoms with van der Waals surface area (Å²) in [5.41, 5.74) is 1.43. The van der Waals surface area contributed by atoms with Crippen molar-refractivity contribution in [2.24, 2.45) is 0 Å². The quantitative estimate of drug-likeness (QED) is 0.515. The Hall–Kier alpha value is -3.20. The molecule has 0 bridgehead atoms. The van der Waals surface area contributed by atoms with Gasteiger partial charge in [-0.05, 0) is 30.4 Å². The smallest absolute Gasteiger partial charge is 0.358 e. The van der Waals surface area contributed by atoms with Gasteiger partial charge >= 0.3 is 5.82 Å². The Kier molecular flexibility index (Phi) is 5.22. The molecule has 0 radical (unpaired) electrons. The van der Waals surface area contributed by atoms with E-state index in [4.69, 9.17) is 11.6 Å². The van der Waals surface area contributed by atoms with Gasteiger partial charge in [-0.25, -0.2) is 0 Å². The highest BCUT2D eigenvalue weighted by Gasteiger charge is 2.25. The highest BCUT2D eigenvalue weighted by molar-refractivity contribution is 6.31. The summed E-state index contributed by atoms with van der Waals surface area (Å²) in [5.74, 6) is -0.298. The number of amides is 1. The minimum atomic E-state index is -0.729. The third-order valence-corrected chi connectivity index (χ3v) is 4.39. The molecule has 0 aliphatic heterocycles. The van der Waals surface area contributed by atoms with Crippen LogP contribution in [0.25, 0.3) is 0 Å². The number of nitrogens with zero attached hydrogens (tertiary/aromatic N) is 5.